The Labute approximate surface area is 100 Å². The van der Waals surface area contributed by atoms with Gasteiger partial charge in [-0.2, -0.15) is 5.10 Å². The molecule has 0 saturated heterocycles. The molecule has 2 aromatic rings. The fourth-order valence-corrected chi connectivity index (χ4v) is 1.70. The molecule has 0 spiro atoms. The first kappa shape index (κ1) is 10.7. The second-order valence-corrected chi connectivity index (χ2v) is 4.27. The van der Waals surface area contributed by atoms with Gasteiger partial charge in [-0.1, -0.05) is 11.6 Å². The van der Waals surface area contributed by atoms with E-state index in [4.69, 9.17) is 16.7 Å². The number of aliphatic hydroxyl groups is 1. The van der Waals surface area contributed by atoms with E-state index >= 15 is 0 Å². The molecule has 0 saturated carbocycles. The molecule has 1 heterocycles. The van der Waals surface area contributed by atoms with Crippen LogP contribution in [0.5, 0.6) is 0 Å². The van der Waals surface area contributed by atoms with Crippen molar-refractivity contribution in [1.29, 1.82) is 0 Å². The first-order chi connectivity index (χ1) is 7.20. The molecule has 0 radical (unpaired) electrons. The summed E-state index contributed by atoms with van der Waals surface area (Å²) in [6.45, 7) is -0.0538. The lowest BCUT2D eigenvalue weighted by Gasteiger charge is -2.02. The summed E-state index contributed by atoms with van der Waals surface area (Å²) in [5.74, 6) is 0. The van der Waals surface area contributed by atoms with E-state index in [0.717, 1.165) is 10.2 Å². The zero-order valence-electron chi connectivity index (χ0n) is 7.69. The Bertz CT molecular complexity index is 484. The number of hydrogen-bond donors (Lipinski definition) is 1. The fourth-order valence-electron chi connectivity index (χ4n) is 1.22. The van der Waals surface area contributed by atoms with Gasteiger partial charge in [0.05, 0.1) is 23.0 Å². The molecule has 2 rings (SSSR count). The van der Waals surface area contributed by atoms with Gasteiger partial charge in [0.15, 0.2) is 0 Å². The number of halogens is 2. The molecule has 1 aromatic carbocycles. The first-order valence-electron chi connectivity index (χ1n) is 4.31. The average Bonchev–Trinajstić information content (AvgIpc) is 2.70. The van der Waals surface area contributed by atoms with Gasteiger partial charge in [0.1, 0.15) is 0 Å². The van der Waals surface area contributed by atoms with Gasteiger partial charge in [-0.05, 0) is 40.2 Å². The highest BCUT2D eigenvalue weighted by Crippen LogP contribution is 2.24. The largest absolute Gasteiger partial charge is 0.390 e. The Hall–Kier alpha value is -0.840. The van der Waals surface area contributed by atoms with E-state index in [-0.39, 0.29) is 6.61 Å². The molecule has 15 heavy (non-hydrogen) atoms. The minimum absolute atomic E-state index is 0.0538. The van der Waals surface area contributed by atoms with Crippen LogP contribution in [0.25, 0.3) is 5.69 Å². The lowest BCUT2D eigenvalue weighted by molar-refractivity contribution is 0.276. The molecule has 0 aliphatic carbocycles. The van der Waals surface area contributed by atoms with Gasteiger partial charge in [-0.3, -0.25) is 0 Å². The molecule has 1 aromatic heterocycles. The van der Waals surface area contributed by atoms with Gasteiger partial charge in [-0.15, -0.1) is 0 Å². The Morgan fingerprint density at radius 3 is 2.80 bits per heavy atom. The smallest absolute Gasteiger partial charge is 0.0883 e. The molecule has 3 nitrogen and oxygen atoms in total. The lowest BCUT2D eigenvalue weighted by atomic mass is 10.3. The van der Waals surface area contributed by atoms with E-state index in [2.05, 4.69) is 21.0 Å². The molecule has 0 aliphatic rings. The highest BCUT2D eigenvalue weighted by atomic mass is 79.9. The van der Waals surface area contributed by atoms with E-state index in [1.807, 2.05) is 12.1 Å². The summed E-state index contributed by atoms with van der Waals surface area (Å²) in [4.78, 5) is 0. The van der Waals surface area contributed by atoms with Crippen LogP contribution >= 0.6 is 27.5 Å². The van der Waals surface area contributed by atoms with Crippen LogP contribution in [0.1, 0.15) is 5.69 Å². The Morgan fingerprint density at radius 1 is 1.40 bits per heavy atom. The maximum Gasteiger partial charge on any atom is 0.0883 e. The molecule has 0 unspecified atom stereocenters. The van der Waals surface area contributed by atoms with E-state index < -0.39 is 0 Å². The third-order valence-electron chi connectivity index (χ3n) is 1.97. The molecular weight excluding hydrogens is 279 g/mol. The van der Waals surface area contributed by atoms with E-state index in [0.29, 0.717) is 10.7 Å². The van der Waals surface area contributed by atoms with Crippen molar-refractivity contribution >= 4 is 27.5 Å². The number of nitrogens with zero attached hydrogens (tertiary/aromatic N) is 2. The standard InChI is InChI=1S/C10H8BrClN2O/c11-9-5-8(1-2-10(9)12)14-4-3-7(6-15)13-14/h1-5,15H,6H2. The van der Waals surface area contributed by atoms with Gasteiger partial charge in [0, 0.05) is 10.7 Å². The van der Waals surface area contributed by atoms with Gasteiger partial charge in [0.25, 0.3) is 0 Å². The quantitative estimate of drug-likeness (QED) is 0.922. The highest BCUT2D eigenvalue weighted by Gasteiger charge is 2.02. The van der Waals surface area contributed by atoms with Gasteiger partial charge < -0.3 is 5.11 Å². The maximum atomic E-state index is 8.89. The molecule has 0 aliphatic heterocycles. The van der Waals surface area contributed by atoms with E-state index in [9.17, 15) is 0 Å². The molecule has 0 bridgehead atoms. The third-order valence-corrected chi connectivity index (χ3v) is 3.19. The van der Waals surface area contributed by atoms with E-state index in [1.54, 1.807) is 23.0 Å². The molecule has 0 amide bonds. The van der Waals surface area contributed by atoms with Crippen LogP contribution in [-0.2, 0) is 6.61 Å². The van der Waals surface area contributed by atoms with Gasteiger partial charge >= 0.3 is 0 Å². The number of aromatic nitrogens is 2. The summed E-state index contributed by atoms with van der Waals surface area (Å²) in [7, 11) is 0. The van der Waals surface area contributed by atoms with Crippen LogP contribution in [0.2, 0.25) is 5.02 Å². The van der Waals surface area contributed by atoms with Crippen LogP contribution in [0.15, 0.2) is 34.9 Å². The second kappa shape index (κ2) is 4.35. The summed E-state index contributed by atoms with van der Waals surface area (Å²) < 4.78 is 2.51. The minimum Gasteiger partial charge on any atom is -0.390 e. The van der Waals surface area contributed by atoms with Crippen molar-refractivity contribution in [3.63, 3.8) is 0 Å². The van der Waals surface area contributed by atoms with Crippen LogP contribution in [0.4, 0.5) is 0 Å². The van der Waals surface area contributed by atoms with Crippen molar-refractivity contribution in [2.45, 2.75) is 6.61 Å². The summed E-state index contributed by atoms with van der Waals surface area (Å²) in [5, 5.41) is 13.7. The topological polar surface area (TPSA) is 38.0 Å². The van der Waals surface area contributed by atoms with Crippen LogP contribution in [0, 0.1) is 0 Å². The average molecular weight is 288 g/mol. The predicted molar refractivity (Wildman–Crippen MR) is 62.2 cm³/mol. The van der Waals surface area contributed by atoms with Gasteiger partial charge in [0.2, 0.25) is 0 Å². The number of rotatable bonds is 2. The molecule has 5 heteroatoms. The Balaban J connectivity index is 2.40. The zero-order chi connectivity index (χ0) is 10.8. The van der Waals surface area contributed by atoms with Crippen LogP contribution < -0.4 is 0 Å². The minimum atomic E-state index is -0.0538. The van der Waals surface area contributed by atoms with Crippen LogP contribution in [0.3, 0.4) is 0 Å². The fraction of sp³-hybridized carbons (Fsp3) is 0.100. The molecule has 0 atom stereocenters. The van der Waals surface area contributed by atoms with Crippen LogP contribution in [-0.4, -0.2) is 14.9 Å². The molecule has 0 fully saturated rings. The van der Waals surface area contributed by atoms with Crippen molar-refractivity contribution < 1.29 is 5.11 Å². The van der Waals surface area contributed by atoms with Crippen molar-refractivity contribution in [3.05, 3.63) is 45.7 Å². The first-order valence-corrected chi connectivity index (χ1v) is 5.48. The lowest BCUT2D eigenvalue weighted by Crippen LogP contribution is -1.96. The summed E-state index contributed by atoms with van der Waals surface area (Å²) in [5.41, 5.74) is 1.53. The Kier molecular flexibility index (Phi) is 3.09. The van der Waals surface area contributed by atoms with Gasteiger partial charge in [-0.25, -0.2) is 4.68 Å². The van der Waals surface area contributed by atoms with Crippen molar-refractivity contribution in [1.82, 2.24) is 9.78 Å². The monoisotopic (exact) mass is 286 g/mol. The number of benzene rings is 1. The second-order valence-electron chi connectivity index (χ2n) is 3.01. The van der Waals surface area contributed by atoms with Crippen molar-refractivity contribution in [2.75, 3.05) is 0 Å². The molecule has 78 valence electrons. The highest BCUT2D eigenvalue weighted by molar-refractivity contribution is 9.10. The third kappa shape index (κ3) is 2.22. The van der Waals surface area contributed by atoms with Crippen molar-refractivity contribution in [3.8, 4) is 5.69 Å². The number of aliphatic hydroxyl groups excluding tert-OH is 1. The molecular formula is C10H8BrClN2O. The van der Waals surface area contributed by atoms with Crippen molar-refractivity contribution in [2.24, 2.45) is 0 Å². The number of hydrogen-bond acceptors (Lipinski definition) is 2. The summed E-state index contributed by atoms with van der Waals surface area (Å²) in [6, 6.07) is 7.29. The zero-order valence-corrected chi connectivity index (χ0v) is 10.0. The SMILES string of the molecule is OCc1ccn(-c2ccc(Cl)c(Br)c2)n1. The maximum absolute atomic E-state index is 8.89. The summed E-state index contributed by atoms with van der Waals surface area (Å²) >= 11 is 9.23. The predicted octanol–water partition coefficient (Wildman–Crippen LogP) is 2.78. The Morgan fingerprint density at radius 2 is 2.20 bits per heavy atom. The molecule has 1 N–H and O–H groups in total. The normalized spacial score (nSPS) is 10.6. The summed E-state index contributed by atoms with van der Waals surface area (Å²) in [6.07, 6.45) is 1.79. The van der Waals surface area contributed by atoms with E-state index in [1.165, 1.54) is 0 Å².